The number of halogens is 9. The summed E-state index contributed by atoms with van der Waals surface area (Å²) >= 11 is 0. The molecular formula is C55H79F9O7. The average Bonchev–Trinajstić information content (AvgIpc) is 3.83. The number of ether oxygens (including phenoxy) is 4. The third kappa shape index (κ3) is 8.53. The molecule has 404 valence electrons. The minimum absolute atomic E-state index is 0.00974. The van der Waals surface area contributed by atoms with Crippen molar-refractivity contribution in [3.63, 3.8) is 0 Å². The van der Waals surface area contributed by atoms with E-state index < -0.39 is 119 Å². The Balaban J connectivity index is 1.01. The summed E-state index contributed by atoms with van der Waals surface area (Å²) in [5.41, 5.74) is -12.0. The number of carbonyl (C=O) groups is 2. The summed E-state index contributed by atoms with van der Waals surface area (Å²) in [6, 6.07) is 0. The Morgan fingerprint density at radius 3 is 1.58 bits per heavy atom. The van der Waals surface area contributed by atoms with Gasteiger partial charge >= 0.3 is 30.5 Å². The number of alkyl halides is 9. The molecule has 0 spiro atoms. The van der Waals surface area contributed by atoms with E-state index in [-0.39, 0.29) is 55.0 Å². The molecule has 0 aromatic carbocycles. The first-order valence-electron chi connectivity index (χ1n) is 27.8. The van der Waals surface area contributed by atoms with E-state index in [1.807, 2.05) is 13.8 Å². The van der Waals surface area contributed by atoms with Crippen molar-refractivity contribution >= 4 is 11.9 Å². The van der Waals surface area contributed by atoms with E-state index in [2.05, 4.69) is 0 Å². The second-order valence-electron chi connectivity index (χ2n) is 26.3. The number of aliphatic hydroxyl groups is 1. The lowest BCUT2D eigenvalue weighted by atomic mass is 9.49. The van der Waals surface area contributed by atoms with Crippen LogP contribution in [-0.2, 0) is 28.5 Å². The molecule has 2 heterocycles. The predicted octanol–water partition coefficient (Wildman–Crippen LogP) is 13.5. The smallest absolute Gasteiger partial charge is 0.416 e. The molecule has 2 saturated heterocycles. The molecule has 12 rings (SSSR count). The Morgan fingerprint density at radius 1 is 0.606 bits per heavy atom. The summed E-state index contributed by atoms with van der Waals surface area (Å²) in [6.07, 6.45) is -11.4. The van der Waals surface area contributed by atoms with E-state index in [9.17, 15) is 23.1 Å². The normalized spacial score (nSPS) is 46.0. The summed E-state index contributed by atoms with van der Waals surface area (Å²) in [6.45, 7) is 6.87. The molecule has 2 aliphatic heterocycles. The Bertz CT molecular complexity index is 1930. The maximum atomic E-state index is 17.2. The van der Waals surface area contributed by atoms with Gasteiger partial charge in [-0.1, -0.05) is 33.6 Å². The second kappa shape index (κ2) is 18.2. The average molecular weight is 1020 g/mol. The summed E-state index contributed by atoms with van der Waals surface area (Å²) in [5.74, 6) is -5.74. The van der Waals surface area contributed by atoms with Crippen molar-refractivity contribution in [2.75, 3.05) is 6.61 Å². The summed E-state index contributed by atoms with van der Waals surface area (Å²) < 4.78 is 168. The highest BCUT2D eigenvalue weighted by atomic mass is 19.4. The molecule has 0 radical (unpaired) electrons. The van der Waals surface area contributed by atoms with Crippen molar-refractivity contribution in [1.29, 1.82) is 0 Å². The fourth-order valence-corrected chi connectivity index (χ4v) is 19.1. The number of hydrogen-bond donors (Lipinski definition) is 1. The van der Waals surface area contributed by atoms with Gasteiger partial charge in [-0.2, -0.15) is 39.5 Å². The maximum absolute atomic E-state index is 17.2. The molecule has 12 aliphatic rings. The molecule has 10 aliphatic carbocycles. The number of hydrogen-bond acceptors (Lipinski definition) is 7. The SMILES string of the molecule is CCCC1(OC(=O)C(C)(CC2OCCCC2C(CC2OC3C(CC2C)C2CC(CC(C)(O)C(F)(F)F)C3C2)(C(=O)OC2(CCC)C3CC4CC(C3)CC2C4)C(F)(F)F)C(F)(F)F)C2CC3CC(C2)CC1C3. The van der Waals surface area contributed by atoms with Gasteiger partial charge in [0.2, 0.25) is 0 Å². The van der Waals surface area contributed by atoms with E-state index in [4.69, 9.17) is 18.9 Å². The van der Waals surface area contributed by atoms with Crippen LogP contribution in [0.2, 0.25) is 0 Å². The van der Waals surface area contributed by atoms with Gasteiger partial charge in [0.1, 0.15) is 11.2 Å². The van der Waals surface area contributed by atoms with Gasteiger partial charge in [0, 0.05) is 12.5 Å². The van der Waals surface area contributed by atoms with E-state index in [0.717, 1.165) is 78.1 Å². The van der Waals surface area contributed by atoms with Gasteiger partial charge in [-0.15, -0.1) is 0 Å². The molecule has 7 nitrogen and oxygen atoms in total. The van der Waals surface area contributed by atoms with E-state index in [0.29, 0.717) is 68.6 Å². The van der Waals surface area contributed by atoms with Crippen molar-refractivity contribution in [3.05, 3.63) is 0 Å². The Kier molecular flexibility index (Phi) is 13.5. The molecule has 16 heteroatoms. The largest absolute Gasteiger partial charge is 0.458 e. The predicted molar refractivity (Wildman–Crippen MR) is 243 cm³/mol. The zero-order valence-electron chi connectivity index (χ0n) is 42.4. The highest BCUT2D eigenvalue weighted by Gasteiger charge is 2.73. The Morgan fingerprint density at radius 2 is 1.11 bits per heavy atom. The first kappa shape index (κ1) is 52.6. The quantitative estimate of drug-likeness (QED) is 0.129. The highest BCUT2D eigenvalue weighted by molar-refractivity contribution is 5.80. The molecule has 0 aromatic rings. The molecule has 10 bridgehead atoms. The van der Waals surface area contributed by atoms with Gasteiger partial charge in [-0.3, -0.25) is 9.59 Å². The molecule has 12 atom stereocenters. The van der Waals surface area contributed by atoms with Crippen LogP contribution in [0.15, 0.2) is 0 Å². The second-order valence-corrected chi connectivity index (χ2v) is 26.3. The molecule has 10 saturated carbocycles. The van der Waals surface area contributed by atoms with E-state index >= 15 is 31.1 Å². The van der Waals surface area contributed by atoms with Crippen LogP contribution in [0.4, 0.5) is 39.5 Å². The van der Waals surface area contributed by atoms with Crippen molar-refractivity contribution in [2.24, 2.45) is 93.7 Å². The molecule has 1 N–H and O–H groups in total. The number of esters is 2. The van der Waals surface area contributed by atoms with Gasteiger partial charge in [0.25, 0.3) is 0 Å². The van der Waals surface area contributed by atoms with Crippen LogP contribution in [0.5, 0.6) is 0 Å². The lowest BCUT2D eigenvalue weighted by Gasteiger charge is -2.61. The topological polar surface area (TPSA) is 91.3 Å². The van der Waals surface area contributed by atoms with Crippen LogP contribution in [0, 0.1) is 93.7 Å². The monoisotopic (exact) mass is 1020 g/mol. The van der Waals surface area contributed by atoms with Gasteiger partial charge in [0.05, 0.1) is 18.3 Å². The maximum Gasteiger partial charge on any atom is 0.416 e. The summed E-state index contributed by atoms with van der Waals surface area (Å²) in [5, 5.41) is 10.6. The minimum atomic E-state index is -5.41. The third-order valence-corrected chi connectivity index (χ3v) is 22.2. The minimum Gasteiger partial charge on any atom is -0.458 e. The van der Waals surface area contributed by atoms with Crippen LogP contribution >= 0.6 is 0 Å². The van der Waals surface area contributed by atoms with Crippen molar-refractivity contribution in [1.82, 2.24) is 0 Å². The first-order valence-corrected chi connectivity index (χ1v) is 27.8. The van der Waals surface area contributed by atoms with Crippen LogP contribution in [0.1, 0.15) is 176 Å². The lowest BCUT2D eigenvalue weighted by molar-refractivity contribution is -0.298. The molecule has 0 amide bonds. The summed E-state index contributed by atoms with van der Waals surface area (Å²) in [7, 11) is 0. The van der Waals surface area contributed by atoms with Gasteiger partial charge in [-0.05, 0) is 219 Å². The van der Waals surface area contributed by atoms with Crippen LogP contribution < -0.4 is 0 Å². The molecule has 71 heavy (non-hydrogen) atoms. The van der Waals surface area contributed by atoms with E-state index in [1.54, 1.807) is 6.92 Å². The van der Waals surface area contributed by atoms with E-state index in [1.165, 1.54) is 0 Å². The Hall–Kier alpha value is -1.81. The fourth-order valence-electron chi connectivity index (χ4n) is 19.1. The number of fused-ring (bicyclic) bond motifs is 5. The molecule has 12 fully saturated rings. The first-order chi connectivity index (χ1) is 33.2. The molecular weight excluding hydrogens is 944 g/mol. The van der Waals surface area contributed by atoms with Gasteiger partial charge < -0.3 is 24.1 Å². The summed E-state index contributed by atoms with van der Waals surface area (Å²) in [4.78, 5) is 30.5. The van der Waals surface area contributed by atoms with Crippen LogP contribution in [-0.4, -0.2) is 77.3 Å². The lowest BCUT2D eigenvalue weighted by Crippen LogP contribution is -2.65. The number of rotatable bonds is 15. The Labute approximate surface area is 413 Å². The molecule has 12 unspecified atom stereocenters. The number of carbonyl (C=O) groups excluding carboxylic acids is 2. The van der Waals surface area contributed by atoms with Gasteiger partial charge in [0.15, 0.2) is 16.4 Å². The van der Waals surface area contributed by atoms with Gasteiger partial charge in [-0.25, -0.2) is 0 Å². The zero-order chi connectivity index (χ0) is 51.1. The molecule has 0 aromatic heterocycles. The van der Waals surface area contributed by atoms with Crippen molar-refractivity contribution in [2.45, 2.75) is 230 Å². The zero-order valence-corrected chi connectivity index (χ0v) is 42.4. The van der Waals surface area contributed by atoms with Crippen LogP contribution in [0.25, 0.3) is 0 Å². The standard InChI is InChI=1S/C55H79F9O7/c1-6-10-51(36-16-30-14-31(18-36)19-37(51)17-30)70-46(65)48(4,53(56,57)58)27-44-42(9-8-12-68-44)50(55(62,63)64,47(66)71-52(11-7-2)38-20-32-15-33(22-38)23-39(52)21-32)28-43-29(3)13-40-34-24-35(41(25-34)45(40)69-43)26-49(5,67)54(59,60)61/h29-45,67H,6-28H2,1-5H3. The van der Waals surface area contributed by atoms with Crippen LogP contribution in [0.3, 0.4) is 0 Å². The highest BCUT2D eigenvalue weighted by Crippen LogP contribution is 2.66. The fraction of sp³-hybridized carbons (Fsp3) is 0.964. The third-order valence-electron chi connectivity index (χ3n) is 22.2. The van der Waals surface area contributed by atoms with Crippen molar-refractivity contribution in [3.8, 4) is 0 Å². The van der Waals surface area contributed by atoms with Crippen molar-refractivity contribution < 1.29 is 73.2 Å².